The van der Waals surface area contributed by atoms with Gasteiger partial charge in [0, 0.05) is 12.7 Å². The van der Waals surface area contributed by atoms with Crippen LogP contribution in [-0.2, 0) is 19.6 Å². The third kappa shape index (κ3) is 6.10. The molecule has 29 heavy (non-hydrogen) atoms. The van der Waals surface area contributed by atoms with Gasteiger partial charge in [0.2, 0.25) is 21.8 Å². The summed E-state index contributed by atoms with van der Waals surface area (Å²) >= 11 is 0. The van der Waals surface area contributed by atoms with Gasteiger partial charge in [0.15, 0.2) is 0 Å². The summed E-state index contributed by atoms with van der Waals surface area (Å²) in [7, 11) is -2.56. The molecule has 2 aromatic rings. The molecular weight excluding hydrogens is 397 g/mol. The fourth-order valence-electron chi connectivity index (χ4n) is 2.85. The van der Waals surface area contributed by atoms with Crippen molar-refractivity contribution in [1.29, 1.82) is 0 Å². The minimum atomic E-state index is -3.96. The Kier molecular flexibility index (Phi) is 7.10. The van der Waals surface area contributed by atoms with Crippen LogP contribution in [0.15, 0.2) is 41.3 Å². The first-order chi connectivity index (χ1) is 13.5. The van der Waals surface area contributed by atoms with E-state index in [9.17, 15) is 22.4 Å². The first-order valence-corrected chi connectivity index (χ1v) is 10.3. The molecule has 2 amide bonds. The van der Waals surface area contributed by atoms with E-state index in [1.807, 2.05) is 32.9 Å². The molecule has 0 saturated carbocycles. The molecule has 0 unspecified atom stereocenters. The van der Waals surface area contributed by atoms with Gasteiger partial charge >= 0.3 is 0 Å². The molecule has 9 heteroatoms. The van der Waals surface area contributed by atoms with Crippen LogP contribution in [0.25, 0.3) is 0 Å². The van der Waals surface area contributed by atoms with Gasteiger partial charge < -0.3 is 10.2 Å². The predicted octanol–water partition coefficient (Wildman–Crippen LogP) is 2.13. The maximum Gasteiger partial charge on any atom is 0.243 e. The number of benzene rings is 2. The number of amides is 2. The number of halogens is 1. The molecule has 0 spiro atoms. The van der Waals surface area contributed by atoms with Crippen molar-refractivity contribution >= 4 is 27.5 Å². The second kappa shape index (κ2) is 9.15. The Balaban J connectivity index is 1.93. The standard InChI is InChI=1S/C20H24FN3O4S/c1-13-9-14(2)20(15(3)10-13)23-18(25)12-24(4)19(26)11-22-29(27,28)17-7-5-16(21)6-8-17/h5-10,22H,11-12H2,1-4H3,(H,23,25). The van der Waals surface area contributed by atoms with Crippen LogP contribution in [0.5, 0.6) is 0 Å². The SMILES string of the molecule is Cc1cc(C)c(NC(=O)CN(C)C(=O)CNS(=O)(=O)c2ccc(F)cc2)c(C)c1. The zero-order valence-electron chi connectivity index (χ0n) is 16.7. The molecule has 0 fully saturated rings. The van der Waals surface area contributed by atoms with Gasteiger partial charge in [0.05, 0.1) is 18.0 Å². The summed E-state index contributed by atoms with van der Waals surface area (Å²) in [6.45, 7) is 4.98. The molecule has 0 aliphatic heterocycles. The number of nitrogens with one attached hydrogen (secondary N) is 2. The van der Waals surface area contributed by atoms with Crippen molar-refractivity contribution in [3.8, 4) is 0 Å². The van der Waals surface area contributed by atoms with Crippen molar-refractivity contribution in [3.05, 3.63) is 58.9 Å². The van der Waals surface area contributed by atoms with Gasteiger partial charge in [-0.1, -0.05) is 17.7 Å². The van der Waals surface area contributed by atoms with E-state index in [0.717, 1.165) is 45.9 Å². The van der Waals surface area contributed by atoms with Crippen molar-refractivity contribution in [2.24, 2.45) is 0 Å². The molecule has 0 bridgehead atoms. The van der Waals surface area contributed by atoms with Crippen LogP contribution < -0.4 is 10.0 Å². The molecule has 2 rings (SSSR count). The molecule has 0 aliphatic carbocycles. The molecule has 2 aromatic carbocycles. The van der Waals surface area contributed by atoms with Crippen molar-refractivity contribution in [2.45, 2.75) is 25.7 Å². The van der Waals surface area contributed by atoms with Gasteiger partial charge in [-0.05, 0) is 56.2 Å². The highest BCUT2D eigenvalue weighted by Crippen LogP contribution is 2.21. The summed E-state index contributed by atoms with van der Waals surface area (Å²) in [6.07, 6.45) is 0. The Morgan fingerprint density at radius 3 is 2.14 bits per heavy atom. The summed E-state index contributed by atoms with van der Waals surface area (Å²) < 4.78 is 39.4. The van der Waals surface area contributed by atoms with Gasteiger partial charge in [-0.2, -0.15) is 0 Å². The number of carbonyl (C=O) groups is 2. The van der Waals surface area contributed by atoms with Crippen LogP contribution in [0.4, 0.5) is 10.1 Å². The molecule has 0 saturated heterocycles. The fraction of sp³-hybridized carbons (Fsp3) is 0.300. The van der Waals surface area contributed by atoms with Gasteiger partial charge in [0.25, 0.3) is 0 Å². The highest BCUT2D eigenvalue weighted by molar-refractivity contribution is 7.89. The molecule has 7 nitrogen and oxygen atoms in total. The second-order valence-electron chi connectivity index (χ2n) is 6.85. The minimum absolute atomic E-state index is 0.155. The number of likely N-dealkylation sites (N-methyl/N-ethyl adjacent to an activating group) is 1. The van der Waals surface area contributed by atoms with Crippen molar-refractivity contribution in [3.63, 3.8) is 0 Å². The summed E-state index contributed by atoms with van der Waals surface area (Å²) in [5.41, 5.74) is 3.60. The molecular formula is C20H24FN3O4S. The van der Waals surface area contributed by atoms with Crippen molar-refractivity contribution < 1.29 is 22.4 Å². The van der Waals surface area contributed by atoms with Gasteiger partial charge in [-0.15, -0.1) is 0 Å². The van der Waals surface area contributed by atoms with Gasteiger partial charge in [0.1, 0.15) is 5.82 Å². The van der Waals surface area contributed by atoms with E-state index in [4.69, 9.17) is 0 Å². The number of hydrogen-bond donors (Lipinski definition) is 2. The van der Waals surface area contributed by atoms with E-state index in [-0.39, 0.29) is 11.4 Å². The minimum Gasteiger partial charge on any atom is -0.335 e. The van der Waals surface area contributed by atoms with Crippen LogP contribution in [0.2, 0.25) is 0 Å². The lowest BCUT2D eigenvalue weighted by molar-refractivity contribution is -0.132. The van der Waals surface area contributed by atoms with E-state index in [1.165, 1.54) is 7.05 Å². The van der Waals surface area contributed by atoms with Crippen molar-refractivity contribution in [1.82, 2.24) is 9.62 Å². The Labute approximate surface area is 170 Å². The maximum atomic E-state index is 12.9. The summed E-state index contributed by atoms with van der Waals surface area (Å²) in [4.78, 5) is 25.5. The lowest BCUT2D eigenvalue weighted by Gasteiger charge is -2.19. The smallest absolute Gasteiger partial charge is 0.243 e. The molecule has 0 aliphatic rings. The second-order valence-corrected chi connectivity index (χ2v) is 8.62. The molecule has 0 atom stereocenters. The van der Waals surface area contributed by atoms with E-state index in [0.29, 0.717) is 5.69 Å². The zero-order chi connectivity index (χ0) is 21.8. The van der Waals surface area contributed by atoms with Gasteiger partial charge in [-0.25, -0.2) is 17.5 Å². The number of carbonyl (C=O) groups excluding carboxylic acids is 2. The van der Waals surface area contributed by atoms with E-state index in [1.54, 1.807) is 0 Å². The molecule has 2 N–H and O–H groups in total. The molecule has 0 radical (unpaired) electrons. The highest BCUT2D eigenvalue weighted by atomic mass is 32.2. The van der Waals surface area contributed by atoms with Crippen LogP contribution in [0, 0.1) is 26.6 Å². The van der Waals surface area contributed by atoms with Crippen LogP contribution >= 0.6 is 0 Å². The largest absolute Gasteiger partial charge is 0.335 e. The Morgan fingerprint density at radius 2 is 1.59 bits per heavy atom. The Hall–Kier alpha value is -2.78. The molecule has 0 aromatic heterocycles. The lowest BCUT2D eigenvalue weighted by atomic mass is 10.1. The lowest BCUT2D eigenvalue weighted by Crippen LogP contribution is -2.41. The Bertz CT molecular complexity index is 998. The third-order valence-corrected chi connectivity index (χ3v) is 5.70. The number of nitrogens with zero attached hydrogens (tertiary/aromatic N) is 1. The third-order valence-electron chi connectivity index (χ3n) is 4.29. The van der Waals surface area contributed by atoms with E-state index in [2.05, 4.69) is 10.0 Å². The van der Waals surface area contributed by atoms with E-state index >= 15 is 0 Å². The summed E-state index contributed by atoms with van der Waals surface area (Å²) in [6, 6.07) is 8.13. The molecule has 0 heterocycles. The summed E-state index contributed by atoms with van der Waals surface area (Å²) in [5, 5.41) is 2.79. The number of sulfonamides is 1. The van der Waals surface area contributed by atoms with Gasteiger partial charge in [-0.3, -0.25) is 9.59 Å². The summed E-state index contributed by atoms with van der Waals surface area (Å²) in [5.74, 6) is -1.54. The van der Waals surface area contributed by atoms with E-state index < -0.39 is 34.2 Å². The quantitative estimate of drug-likeness (QED) is 0.716. The van der Waals surface area contributed by atoms with Crippen LogP contribution in [0.3, 0.4) is 0 Å². The average Bonchev–Trinajstić information content (AvgIpc) is 2.63. The topological polar surface area (TPSA) is 95.6 Å². The first-order valence-electron chi connectivity index (χ1n) is 8.86. The number of anilines is 1. The number of rotatable bonds is 7. The van der Waals surface area contributed by atoms with Crippen molar-refractivity contribution in [2.75, 3.05) is 25.5 Å². The monoisotopic (exact) mass is 421 g/mol. The average molecular weight is 421 g/mol. The zero-order valence-corrected chi connectivity index (χ0v) is 17.6. The number of hydrogen-bond acceptors (Lipinski definition) is 4. The first kappa shape index (κ1) is 22.5. The predicted molar refractivity (Wildman–Crippen MR) is 109 cm³/mol. The maximum absolute atomic E-state index is 12.9. The highest BCUT2D eigenvalue weighted by Gasteiger charge is 2.19. The van der Waals surface area contributed by atoms with Crippen LogP contribution in [-0.4, -0.2) is 45.3 Å². The number of aryl methyl sites for hydroxylation is 3. The molecule has 156 valence electrons. The normalized spacial score (nSPS) is 11.2. The fourth-order valence-corrected chi connectivity index (χ4v) is 3.82. The Morgan fingerprint density at radius 1 is 1.03 bits per heavy atom. The van der Waals surface area contributed by atoms with Crippen LogP contribution in [0.1, 0.15) is 16.7 Å².